The third kappa shape index (κ3) is 4.22. The van der Waals surface area contributed by atoms with Crippen LogP contribution in [0.5, 0.6) is 0 Å². The Labute approximate surface area is 124 Å². The van der Waals surface area contributed by atoms with E-state index in [9.17, 15) is 8.42 Å². The summed E-state index contributed by atoms with van der Waals surface area (Å²) in [5.41, 5.74) is 0. The molecule has 0 saturated carbocycles. The van der Waals surface area contributed by atoms with Crippen molar-refractivity contribution in [2.24, 2.45) is 0 Å². The fourth-order valence-electron chi connectivity index (χ4n) is 2.43. The number of nitrogens with zero attached hydrogens (tertiary/aromatic N) is 3. The summed E-state index contributed by atoms with van der Waals surface area (Å²) in [7, 11) is -1.50. The highest BCUT2D eigenvalue weighted by atomic mass is 32.2. The Kier molecular flexibility index (Phi) is 5.31. The van der Waals surface area contributed by atoms with E-state index in [0.717, 1.165) is 13.0 Å². The highest BCUT2D eigenvalue weighted by Crippen LogP contribution is 2.31. The second kappa shape index (κ2) is 6.82. The van der Waals surface area contributed by atoms with E-state index in [1.165, 1.54) is 0 Å². The van der Waals surface area contributed by atoms with Gasteiger partial charge in [-0.3, -0.25) is 4.90 Å². The van der Waals surface area contributed by atoms with Crippen molar-refractivity contribution in [1.29, 1.82) is 0 Å². The first kappa shape index (κ1) is 16.3. The van der Waals surface area contributed by atoms with Gasteiger partial charge in [-0.15, -0.1) is 0 Å². The zero-order valence-corrected chi connectivity index (χ0v) is 13.4. The predicted octanol–water partition coefficient (Wildman–Crippen LogP) is 0.0791. The Hall–Kier alpha value is -1.03. The van der Waals surface area contributed by atoms with Crippen LogP contribution in [0.1, 0.15) is 31.1 Å². The van der Waals surface area contributed by atoms with Crippen LogP contribution in [0.15, 0.2) is 4.52 Å². The summed E-state index contributed by atoms with van der Waals surface area (Å²) in [6.45, 7) is 5.04. The molecule has 9 heteroatoms. The Balaban J connectivity index is 1.98. The summed E-state index contributed by atoms with van der Waals surface area (Å²) in [4.78, 5) is 6.38. The molecule has 1 aliphatic rings. The van der Waals surface area contributed by atoms with Gasteiger partial charge in [-0.2, -0.15) is 4.98 Å². The number of ether oxygens (including phenoxy) is 1. The van der Waals surface area contributed by atoms with Crippen LogP contribution in [0.25, 0.3) is 0 Å². The summed E-state index contributed by atoms with van der Waals surface area (Å²) in [5, 5.41) is 3.81. The van der Waals surface area contributed by atoms with E-state index < -0.39 is 10.0 Å². The second-order valence-electron chi connectivity index (χ2n) is 5.08. The number of aryl methyl sites for hydroxylation is 1. The molecular formula is C12H22N4O4S. The van der Waals surface area contributed by atoms with Crippen molar-refractivity contribution in [2.45, 2.75) is 32.4 Å². The predicted molar refractivity (Wildman–Crippen MR) is 76.2 cm³/mol. The highest BCUT2D eigenvalue weighted by Gasteiger charge is 2.36. The molecule has 0 bridgehead atoms. The van der Waals surface area contributed by atoms with Crippen molar-refractivity contribution < 1.29 is 17.7 Å². The van der Waals surface area contributed by atoms with Crippen LogP contribution in [0.3, 0.4) is 0 Å². The van der Waals surface area contributed by atoms with E-state index in [2.05, 4.69) is 19.8 Å². The zero-order chi connectivity index (χ0) is 15.5. The van der Waals surface area contributed by atoms with Crippen LogP contribution >= 0.6 is 0 Å². The topological polar surface area (TPSA) is 97.6 Å². The first-order chi connectivity index (χ1) is 9.95. The fourth-order valence-corrected chi connectivity index (χ4v) is 3.04. The zero-order valence-electron chi connectivity index (χ0n) is 12.6. The minimum Gasteiger partial charge on any atom is -0.380 e. The number of hydrogen-bond acceptors (Lipinski definition) is 7. The minimum atomic E-state index is -3.17. The van der Waals surface area contributed by atoms with Crippen molar-refractivity contribution in [2.75, 3.05) is 32.5 Å². The smallest absolute Gasteiger partial charge is 0.244 e. The van der Waals surface area contributed by atoms with Gasteiger partial charge in [0.15, 0.2) is 5.82 Å². The van der Waals surface area contributed by atoms with Gasteiger partial charge in [-0.1, -0.05) is 5.16 Å². The highest BCUT2D eigenvalue weighted by molar-refractivity contribution is 7.89. The molecule has 0 spiro atoms. The monoisotopic (exact) mass is 318 g/mol. The number of methoxy groups -OCH3 is 1. The summed E-state index contributed by atoms with van der Waals surface area (Å²) in [6, 6.07) is -0.0257. The average Bonchev–Trinajstić information content (AvgIpc) is 3.04. The number of rotatable bonds is 7. The Bertz CT molecular complexity index is 559. The van der Waals surface area contributed by atoms with Gasteiger partial charge in [0.2, 0.25) is 15.9 Å². The van der Waals surface area contributed by atoms with Gasteiger partial charge < -0.3 is 9.26 Å². The van der Waals surface area contributed by atoms with Crippen LogP contribution in [0, 0.1) is 6.92 Å². The number of aromatic nitrogens is 2. The molecule has 21 heavy (non-hydrogen) atoms. The molecule has 1 saturated heterocycles. The fraction of sp³-hybridized carbons (Fsp3) is 0.833. The minimum absolute atomic E-state index is 0.0257. The molecular weight excluding hydrogens is 296 g/mol. The lowest BCUT2D eigenvalue weighted by molar-refractivity contribution is 0.108. The van der Waals surface area contributed by atoms with Crippen LogP contribution in [-0.4, -0.2) is 62.1 Å². The van der Waals surface area contributed by atoms with Crippen LogP contribution in [0.4, 0.5) is 0 Å². The standard InChI is InChI=1S/C12H22N4O4S/c1-4-21(17,18)13-5-6-16-8-10(19-3)7-11(16)12-14-9(2)15-20-12/h10-11,13H,4-8H2,1-3H3/t10-,11-/m1/s1. The number of likely N-dealkylation sites (tertiary alicyclic amines) is 1. The Morgan fingerprint density at radius 3 is 2.86 bits per heavy atom. The quantitative estimate of drug-likeness (QED) is 0.760. The molecule has 0 unspecified atom stereocenters. The molecule has 2 rings (SSSR count). The molecule has 1 aliphatic heterocycles. The molecule has 1 fully saturated rings. The van der Waals surface area contributed by atoms with Crippen molar-refractivity contribution in [1.82, 2.24) is 19.8 Å². The van der Waals surface area contributed by atoms with Gasteiger partial charge in [0.1, 0.15) is 0 Å². The lowest BCUT2D eigenvalue weighted by Crippen LogP contribution is -2.36. The van der Waals surface area contributed by atoms with Crippen LogP contribution in [0.2, 0.25) is 0 Å². The number of sulfonamides is 1. The van der Waals surface area contributed by atoms with E-state index in [4.69, 9.17) is 9.26 Å². The second-order valence-corrected chi connectivity index (χ2v) is 7.18. The molecule has 1 N–H and O–H groups in total. The average molecular weight is 318 g/mol. The summed E-state index contributed by atoms with van der Waals surface area (Å²) in [5.74, 6) is 1.24. The third-order valence-corrected chi connectivity index (χ3v) is 5.03. The van der Waals surface area contributed by atoms with Gasteiger partial charge >= 0.3 is 0 Å². The van der Waals surface area contributed by atoms with E-state index >= 15 is 0 Å². The normalized spacial score (nSPS) is 23.8. The van der Waals surface area contributed by atoms with Crippen molar-refractivity contribution in [3.63, 3.8) is 0 Å². The first-order valence-electron chi connectivity index (χ1n) is 6.99. The molecule has 1 aromatic heterocycles. The maximum atomic E-state index is 11.5. The van der Waals surface area contributed by atoms with Crippen molar-refractivity contribution >= 4 is 10.0 Å². The van der Waals surface area contributed by atoms with Crippen molar-refractivity contribution in [3.8, 4) is 0 Å². The Morgan fingerprint density at radius 2 is 2.29 bits per heavy atom. The van der Waals surface area contributed by atoms with Gasteiger partial charge in [0.25, 0.3) is 0 Å². The molecule has 8 nitrogen and oxygen atoms in total. The van der Waals surface area contributed by atoms with Crippen molar-refractivity contribution in [3.05, 3.63) is 11.7 Å². The molecule has 120 valence electrons. The molecule has 2 atom stereocenters. The maximum Gasteiger partial charge on any atom is 0.244 e. The van der Waals surface area contributed by atoms with Gasteiger partial charge in [0.05, 0.1) is 17.9 Å². The summed E-state index contributed by atoms with van der Waals surface area (Å²) >= 11 is 0. The lowest BCUT2D eigenvalue weighted by Gasteiger charge is -2.21. The molecule has 1 aromatic rings. The SMILES string of the molecule is CCS(=O)(=O)NCCN1C[C@H](OC)C[C@@H]1c1nc(C)no1. The van der Waals surface area contributed by atoms with E-state index in [-0.39, 0.29) is 17.9 Å². The van der Waals surface area contributed by atoms with Crippen LogP contribution < -0.4 is 4.72 Å². The number of hydrogen-bond donors (Lipinski definition) is 1. The van der Waals surface area contributed by atoms with Gasteiger partial charge in [-0.05, 0) is 20.3 Å². The number of nitrogens with one attached hydrogen (secondary N) is 1. The Morgan fingerprint density at radius 1 is 1.52 bits per heavy atom. The molecule has 0 aliphatic carbocycles. The largest absolute Gasteiger partial charge is 0.380 e. The van der Waals surface area contributed by atoms with Gasteiger partial charge in [-0.25, -0.2) is 13.1 Å². The maximum absolute atomic E-state index is 11.5. The first-order valence-corrected chi connectivity index (χ1v) is 8.64. The van der Waals surface area contributed by atoms with E-state index in [1.54, 1.807) is 21.0 Å². The molecule has 0 aromatic carbocycles. The third-order valence-electron chi connectivity index (χ3n) is 3.63. The molecule has 0 amide bonds. The molecule has 2 heterocycles. The molecule has 0 radical (unpaired) electrons. The van der Waals surface area contributed by atoms with E-state index in [0.29, 0.717) is 24.8 Å². The summed E-state index contributed by atoms with van der Waals surface area (Å²) in [6.07, 6.45) is 0.851. The van der Waals surface area contributed by atoms with Crippen LogP contribution in [-0.2, 0) is 14.8 Å². The van der Waals surface area contributed by atoms with Gasteiger partial charge in [0, 0.05) is 26.7 Å². The van der Waals surface area contributed by atoms with E-state index in [1.807, 2.05) is 0 Å². The summed E-state index contributed by atoms with van der Waals surface area (Å²) < 4.78 is 36.1. The lowest BCUT2D eigenvalue weighted by atomic mass is 10.2.